The van der Waals surface area contributed by atoms with E-state index in [4.69, 9.17) is 21.9 Å². The van der Waals surface area contributed by atoms with Crippen molar-refractivity contribution >= 4 is 11.6 Å². The van der Waals surface area contributed by atoms with Gasteiger partial charge in [0.15, 0.2) is 5.82 Å². The highest BCUT2D eigenvalue weighted by Gasteiger charge is 2.11. The fourth-order valence-corrected chi connectivity index (χ4v) is 1.53. The predicted molar refractivity (Wildman–Crippen MR) is 61.2 cm³/mol. The lowest BCUT2D eigenvalue weighted by atomic mass is 10.1. The number of rotatable bonds is 3. The lowest BCUT2D eigenvalue weighted by Gasteiger charge is -1.99. The van der Waals surface area contributed by atoms with Gasteiger partial charge in [0.05, 0.1) is 12.5 Å². The molecule has 5 heteroatoms. The van der Waals surface area contributed by atoms with Crippen LogP contribution in [-0.2, 0) is 6.42 Å². The third-order valence-electron chi connectivity index (χ3n) is 2.19. The molecule has 0 saturated carbocycles. The van der Waals surface area contributed by atoms with Crippen LogP contribution in [0.3, 0.4) is 0 Å². The molecule has 1 aromatic carbocycles. The maximum Gasteiger partial charge on any atom is 0.231 e. The van der Waals surface area contributed by atoms with Crippen LogP contribution >= 0.6 is 11.6 Å². The second kappa shape index (κ2) is 4.63. The third kappa shape index (κ3) is 2.40. The molecule has 2 aromatic rings. The van der Waals surface area contributed by atoms with E-state index < -0.39 is 0 Å². The van der Waals surface area contributed by atoms with Crippen LogP contribution in [0.1, 0.15) is 30.2 Å². The number of hydrogen-bond donors (Lipinski definition) is 1. The first-order chi connectivity index (χ1) is 7.66. The Hall–Kier alpha value is -1.39. The summed E-state index contributed by atoms with van der Waals surface area (Å²) >= 11 is 6.03. The maximum absolute atomic E-state index is 6.03. The minimum absolute atomic E-state index is 0.219. The molecular weight excluding hydrogens is 226 g/mol. The smallest absolute Gasteiger partial charge is 0.231 e. The van der Waals surface area contributed by atoms with Crippen molar-refractivity contribution in [3.8, 4) is 0 Å². The van der Waals surface area contributed by atoms with Crippen molar-refractivity contribution in [2.75, 3.05) is 0 Å². The molecule has 0 radical (unpaired) electrons. The molecule has 0 saturated heterocycles. The van der Waals surface area contributed by atoms with E-state index in [0.717, 1.165) is 5.56 Å². The molecule has 0 aliphatic carbocycles. The summed E-state index contributed by atoms with van der Waals surface area (Å²) in [5, 5.41) is 4.48. The number of nitrogens with two attached hydrogens (primary N) is 1. The van der Waals surface area contributed by atoms with Gasteiger partial charge in [-0.15, -0.1) is 0 Å². The van der Waals surface area contributed by atoms with Crippen molar-refractivity contribution in [1.82, 2.24) is 10.1 Å². The highest BCUT2D eigenvalue weighted by Crippen LogP contribution is 2.18. The number of aromatic nitrogens is 2. The van der Waals surface area contributed by atoms with Gasteiger partial charge in [0.25, 0.3) is 0 Å². The van der Waals surface area contributed by atoms with Crippen molar-refractivity contribution in [1.29, 1.82) is 0 Å². The van der Waals surface area contributed by atoms with E-state index in [1.165, 1.54) is 0 Å². The fourth-order valence-electron chi connectivity index (χ4n) is 1.33. The Labute approximate surface area is 98.4 Å². The number of halogens is 1. The zero-order valence-electron chi connectivity index (χ0n) is 8.85. The van der Waals surface area contributed by atoms with Gasteiger partial charge in [0.2, 0.25) is 5.89 Å². The topological polar surface area (TPSA) is 64.9 Å². The Morgan fingerprint density at radius 3 is 2.81 bits per heavy atom. The van der Waals surface area contributed by atoms with Gasteiger partial charge in [-0.3, -0.25) is 0 Å². The first-order valence-corrected chi connectivity index (χ1v) is 5.36. The first kappa shape index (κ1) is 11.1. The summed E-state index contributed by atoms with van der Waals surface area (Å²) in [5.41, 5.74) is 6.60. The second-order valence-corrected chi connectivity index (χ2v) is 4.01. The predicted octanol–water partition coefficient (Wildman–Crippen LogP) is 2.33. The Morgan fingerprint density at radius 1 is 1.44 bits per heavy atom. The monoisotopic (exact) mass is 237 g/mol. The zero-order chi connectivity index (χ0) is 11.5. The van der Waals surface area contributed by atoms with E-state index in [9.17, 15) is 0 Å². The summed E-state index contributed by atoms with van der Waals surface area (Å²) in [6, 6.07) is 7.35. The van der Waals surface area contributed by atoms with E-state index in [2.05, 4.69) is 10.1 Å². The van der Waals surface area contributed by atoms with Crippen LogP contribution in [0.4, 0.5) is 0 Å². The van der Waals surface area contributed by atoms with Gasteiger partial charge in [0.1, 0.15) is 0 Å². The van der Waals surface area contributed by atoms with E-state index in [-0.39, 0.29) is 6.04 Å². The molecule has 0 bridgehead atoms. The van der Waals surface area contributed by atoms with E-state index in [1.54, 1.807) is 0 Å². The molecule has 0 amide bonds. The van der Waals surface area contributed by atoms with Crippen molar-refractivity contribution in [2.24, 2.45) is 5.73 Å². The third-order valence-corrected chi connectivity index (χ3v) is 2.56. The summed E-state index contributed by atoms with van der Waals surface area (Å²) in [4.78, 5) is 4.18. The largest absolute Gasteiger partial charge is 0.339 e. The minimum atomic E-state index is -0.219. The molecule has 0 aliphatic heterocycles. The van der Waals surface area contributed by atoms with Gasteiger partial charge in [0, 0.05) is 5.02 Å². The number of benzene rings is 1. The van der Waals surface area contributed by atoms with Gasteiger partial charge in [-0.05, 0) is 18.6 Å². The molecular formula is C11H12ClN3O. The Morgan fingerprint density at radius 2 is 2.19 bits per heavy atom. The summed E-state index contributed by atoms with van der Waals surface area (Å²) in [6.07, 6.45) is 0.527. The van der Waals surface area contributed by atoms with E-state index >= 15 is 0 Å². The lowest BCUT2D eigenvalue weighted by Crippen LogP contribution is -2.06. The van der Waals surface area contributed by atoms with Gasteiger partial charge < -0.3 is 10.3 Å². The first-order valence-electron chi connectivity index (χ1n) is 4.98. The Balaban J connectivity index is 2.18. The van der Waals surface area contributed by atoms with E-state index in [1.807, 2.05) is 31.2 Å². The van der Waals surface area contributed by atoms with Crippen LogP contribution < -0.4 is 5.73 Å². The van der Waals surface area contributed by atoms with Gasteiger partial charge in [-0.25, -0.2) is 0 Å². The highest BCUT2D eigenvalue weighted by atomic mass is 35.5. The zero-order valence-corrected chi connectivity index (χ0v) is 9.61. The molecule has 2 N–H and O–H groups in total. The molecule has 1 aromatic heterocycles. The summed E-state index contributed by atoms with van der Waals surface area (Å²) in [6.45, 7) is 1.81. The van der Waals surface area contributed by atoms with Crippen LogP contribution in [0.2, 0.25) is 5.02 Å². The lowest BCUT2D eigenvalue weighted by molar-refractivity contribution is 0.377. The van der Waals surface area contributed by atoms with Crippen molar-refractivity contribution in [3.05, 3.63) is 46.6 Å². The number of hydrogen-bond acceptors (Lipinski definition) is 4. The highest BCUT2D eigenvalue weighted by molar-refractivity contribution is 6.31. The molecule has 0 fully saturated rings. The second-order valence-electron chi connectivity index (χ2n) is 3.60. The van der Waals surface area contributed by atoms with Crippen LogP contribution in [0.15, 0.2) is 28.8 Å². The van der Waals surface area contributed by atoms with Crippen LogP contribution in [0.25, 0.3) is 0 Å². The van der Waals surface area contributed by atoms with Crippen LogP contribution in [0, 0.1) is 0 Å². The number of nitrogens with zero attached hydrogens (tertiary/aromatic N) is 2. The standard InChI is InChI=1S/C11H12ClN3O/c1-7(13)11-14-10(16-15-11)6-8-4-2-3-5-9(8)12/h2-5,7H,6,13H2,1H3. The molecule has 16 heavy (non-hydrogen) atoms. The average Bonchev–Trinajstić information content (AvgIpc) is 2.70. The van der Waals surface area contributed by atoms with Crippen molar-refractivity contribution in [3.63, 3.8) is 0 Å². The molecule has 2 rings (SSSR count). The summed E-state index contributed by atoms with van der Waals surface area (Å²) < 4.78 is 5.09. The fraction of sp³-hybridized carbons (Fsp3) is 0.273. The Kier molecular flexibility index (Phi) is 3.22. The molecule has 0 spiro atoms. The molecule has 84 valence electrons. The average molecular weight is 238 g/mol. The SMILES string of the molecule is CC(N)c1noc(Cc2ccccc2Cl)n1. The van der Waals surface area contributed by atoms with Gasteiger partial charge in [-0.2, -0.15) is 4.98 Å². The maximum atomic E-state index is 6.03. The quantitative estimate of drug-likeness (QED) is 0.890. The van der Waals surface area contributed by atoms with Crippen molar-refractivity contribution < 1.29 is 4.52 Å². The summed E-state index contributed by atoms with van der Waals surface area (Å²) in [7, 11) is 0. The van der Waals surface area contributed by atoms with Gasteiger partial charge >= 0.3 is 0 Å². The van der Waals surface area contributed by atoms with E-state index in [0.29, 0.717) is 23.2 Å². The molecule has 0 aliphatic rings. The van der Waals surface area contributed by atoms with Crippen LogP contribution in [0.5, 0.6) is 0 Å². The van der Waals surface area contributed by atoms with Crippen molar-refractivity contribution in [2.45, 2.75) is 19.4 Å². The molecule has 1 atom stereocenters. The molecule has 4 nitrogen and oxygen atoms in total. The molecule has 1 unspecified atom stereocenters. The van der Waals surface area contributed by atoms with Gasteiger partial charge in [-0.1, -0.05) is 35.0 Å². The molecule has 1 heterocycles. The summed E-state index contributed by atoms with van der Waals surface area (Å²) in [5.74, 6) is 1.04. The Bertz CT molecular complexity index is 482. The minimum Gasteiger partial charge on any atom is -0.339 e. The van der Waals surface area contributed by atoms with Crippen LogP contribution in [-0.4, -0.2) is 10.1 Å². The normalized spacial score (nSPS) is 12.7.